The van der Waals surface area contributed by atoms with Crippen LogP contribution in [0.4, 0.5) is 5.69 Å². The van der Waals surface area contributed by atoms with Gasteiger partial charge in [0.1, 0.15) is 13.2 Å². The monoisotopic (exact) mass is 389 g/mol. The summed E-state index contributed by atoms with van der Waals surface area (Å²) in [6, 6.07) is 11.0. The number of carbonyl (C=O) groups is 1. The molecular weight excluding hydrogens is 374 g/mol. The number of nitrogens with one attached hydrogen (secondary N) is 1. The number of ether oxygens (including phenoxy) is 3. The van der Waals surface area contributed by atoms with Crippen molar-refractivity contribution in [3.8, 4) is 17.2 Å². The highest BCUT2D eigenvalue weighted by atomic mass is 79.9. The van der Waals surface area contributed by atoms with Crippen LogP contribution in [0.5, 0.6) is 17.2 Å². The van der Waals surface area contributed by atoms with E-state index in [9.17, 15) is 4.79 Å². The van der Waals surface area contributed by atoms with Crippen molar-refractivity contribution in [1.29, 1.82) is 0 Å². The minimum atomic E-state index is -0.217. The second-order valence-electron chi connectivity index (χ2n) is 5.08. The number of hydrogen-bond donors (Lipinski definition) is 1. The Labute approximate surface area is 148 Å². The van der Waals surface area contributed by atoms with Gasteiger partial charge in [0, 0.05) is 16.2 Å². The molecule has 5 nitrogen and oxygen atoms in total. The van der Waals surface area contributed by atoms with Crippen LogP contribution in [0.3, 0.4) is 0 Å². The lowest BCUT2D eigenvalue weighted by Gasteiger charge is -2.20. The molecule has 2 aromatic carbocycles. The van der Waals surface area contributed by atoms with Crippen LogP contribution in [0.25, 0.3) is 6.08 Å². The van der Waals surface area contributed by atoms with Crippen molar-refractivity contribution in [2.24, 2.45) is 0 Å². The van der Waals surface area contributed by atoms with Crippen molar-refractivity contribution in [1.82, 2.24) is 0 Å². The highest BCUT2D eigenvalue weighted by molar-refractivity contribution is 9.10. The fourth-order valence-corrected chi connectivity index (χ4v) is 2.54. The smallest absolute Gasteiger partial charge is 0.248 e. The number of halogens is 1. The Kier molecular flexibility index (Phi) is 5.05. The molecule has 1 heterocycles. The minimum Gasteiger partial charge on any atom is -0.493 e. The van der Waals surface area contributed by atoms with Gasteiger partial charge in [0.05, 0.1) is 7.11 Å². The van der Waals surface area contributed by atoms with Crippen molar-refractivity contribution >= 4 is 33.6 Å². The molecule has 0 bridgehead atoms. The van der Waals surface area contributed by atoms with E-state index in [1.165, 1.54) is 6.08 Å². The molecule has 24 heavy (non-hydrogen) atoms. The Bertz CT molecular complexity index is 754. The Morgan fingerprint density at radius 2 is 1.96 bits per heavy atom. The maximum Gasteiger partial charge on any atom is 0.248 e. The third-order valence-corrected chi connectivity index (χ3v) is 3.92. The average molecular weight is 390 g/mol. The van der Waals surface area contributed by atoms with Gasteiger partial charge in [-0.15, -0.1) is 0 Å². The molecule has 3 rings (SSSR count). The minimum absolute atomic E-state index is 0.217. The van der Waals surface area contributed by atoms with Gasteiger partial charge in [-0.1, -0.05) is 15.9 Å². The number of fused-ring (bicyclic) bond motifs is 1. The van der Waals surface area contributed by atoms with Crippen LogP contribution in [0.1, 0.15) is 5.56 Å². The largest absolute Gasteiger partial charge is 0.493 e. The summed E-state index contributed by atoms with van der Waals surface area (Å²) in [5, 5.41) is 2.80. The van der Waals surface area contributed by atoms with E-state index in [0.717, 1.165) is 15.7 Å². The molecule has 6 heteroatoms. The van der Waals surface area contributed by atoms with Crippen LogP contribution in [0, 0.1) is 0 Å². The van der Waals surface area contributed by atoms with Gasteiger partial charge in [-0.2, -0.15) is 0 Å². The third-order valence-electron chi connectivity index (χ3n) is 3.39. The number of rotatable bonds is 4. The lowest BCUT2D eigenvalue weighted by molar-refractivity contribution is -0.111. The summed E-state index contributed by atoms with van der Waals surface area (Å²) in [5.41, 5.74) is 1.52. The lowest BCUT2D eigenvalue weighted by Crippen LogP contribution is -2.16. The number of amides is 1. The van der Waals surface area contributed by atoms with E-state index in [1.807, 2.05) is 30.3 Å². The number of carbonyl (C=O) groups excluding carboxylic acids is 1. The van der Waals surface area contributed by atoms with Crippen molar-refractivity contribution in [3.05, 3.63) is 52.5 Å². The molecule has 1 amide bonds. The van der Waals surface area contributed by atoms with Gasteiger partial charge < -0.3 is 19.5 Å². The highest BCUT2D eigenvalue weighted by Gasteiger charge is 2.17. The van der Waals surface area contributed by atoms with E-state index < -0.39 is 0 Å². The Hall–Kier alpha value is -2.47. The maximum atomic E-state index is 12.0. The fraction of sp³-hybridized carbons (Fsp3) is 0.167. The standard InChI is InChI=1S/C18H16BrNO4/c1-22-15-10-12(11-16-18(15)24-9-8-23-16)2-7-17(21)20-14-5-3-13(19)4-6-14/h2-7,10-11H,8-9H2,1H3,(H,20,21)/b7-2+. The van der Waals surface area contributed by atoms with Crippen molar-refractivity contribution < 1.29 is 19.0 Å². The first-order valence-corrected chi connectivity index (χ1v) is 8.17. The van der Waals surface area contributed by atoms with Gasteiger partial charge in [0.25, 0.3) is 0 Å². The van der Waals surface area contributed by atoms with E-state index in [1.54, 1.807) is 19.3 Å². The van der Waals surface area contributed by atoms with Gasteiger partial charge in [-0.25, -0.2) is 0 Å². The van der Waals surface area contributed by atoms with Gasteiger partial charge in [0.15, 0.2) is 11.5 Å². The van der Waals surface area contributed by atoms with E-state index in [2.05, 4.69) is 21.2 Å². The SMILES string of the molecule is COc1cc(/C=C/C(=O)Nc2ccc(Br)cc2)cc2c1OCCO2. The molecule has 1 aliphatic heterocycles. The predicted molar refractivity (Wildman–Crippen MR) is 95.8 cm³/mol. The molecule has 0 atom stereocenters. The highest BCUT2D eigenvalue weighted by Crippen LogP contribution is 2.40. The molecule has 0 spiro atoms. The molecule has 0 unspecified atom stereocenters. The number of methoxy groups -OCH3 is 1. The Morgan fingerprint density at radius 3 is 2.71 bits per heavy atom. The Morgan fingerprint density at radius 1 is 1.21 bits per heavy atom. The first kappa shape index (κ1) is 16.4. The molecular formula is C18H16BrNO4. The first-order chi connectivity index (χ1) is 11.7. The van der Waals surface area contributed by atoms with Gasteiger partial charge in [-0.3, -0.25) is 4.79 Å². The topological polar surface area (TPSA) is 56.8 Å². The van der Waals surface area contributed by atoms with Crippen LogP contribution in [-0.4, -0.2) is 26.2 Å². The summed E-state index contributed by atoms with van der Waals surface area (Å²) in [6.45, 7) is 0.988. The zero-order valence-electron chi connectivity index (χ0n) is 13.0. The number of hydrogen-bond acceptors (Lipinski definition) is 4. The van der Waals surface area contributed by atoms with Gasteiger partial charge >= 0.3 is 0 Å². The molecule has 124 valence electrons. The zero-order chi connectivity index (χ0) is 16.9. The van der Waals surface area contributed by atoms with Gasteiger partial charge in [0.2, 0.25) is 11.7 Å². The summed E-state index contributed by atoms with van der Waals surface area (Å²) >= 11 is 3.36. The maximum absolute atomic E-state index is 12.0. The second-order valence-corrected chi connectivity index (χ2v) is 5.99. The molecule has 0 saturated carbocycles. The normalized spacial score (nSPS) is 12.9. The molecule has 1 N–H and O–H groups in total. The van der Waals surface area contributed by atoms with Crippen LogP contribution < -0.4 is 19.5 Å². The van der Waals surface area contributed by atoms with E-state index >= 15 is 0 Å². The number of anilines is 1. The lowest BCUT2D eigenvalue weighted by atomic mass is 10.1. The van der Waals surface area contributed by atoms with Crippen LogP contribution in [0.2, 0.25) is 0 Å². The molecule has 1 aliphatic rings. The Balaban J connectivity index is 1.73. The molecule has 0 aromatic heterocycles. The summed E-state index contributed by atoms with van der Waals surface area (Å²) in [7, 11) is 1.57. The molecule has 0 radical (unpaired) electrons. The molecule has 0 fully saturated rings. The molecule has 0 aliphatic carbocycles. The summed E-state index contributed by atoms with van der Waals surface area (Å²) in [6.07, 6.45) is 3.17. The van der Waals surface area contributed by atoms with E-state index in [4.69, 9.17) is 14.2 Å². The van der Waals surface area contributed by atoms with E-state index in [0.29, 0.717) is 30.5 Å². The predicted octanol–water partition coefficient (Wildman–Crippen LogP) is 3.88. The van der Waals surface area contributed by atoms with Crippen molar-refractivity contribution in [3.63, 3.8) is 0 Å². The third kappa shape index (κ3) is 3.89. The fourth-order valence-electron chi connectivity index (χ4n) is 2.28. The van der Waals surface area contributed by atoms with Crippen LogP contribution >= 0.6 is 15.9 Å². The molecule has 2 aromatic rings. The van der Waals surface area contributed by atoms with Crippen LogP contribution in [-0.2, 0) is 4.79 Å². The van der Waals surface area contributed by atoms with Crippen molar-refractivity contribution in [2.75, 3.05) is 25.6 Å². The quantitative estimate of drug-likeness (QED) is 0.806. The van der Waals surface area contributed by atoms with Gasteiger partial charge in [-0.05, 0) is 48.0 Å². The first-order valence-electron chi connectivity index (χ1n) is 7.38. The average Bonchev–Trinajstić information content (AvgIpc) is 2.61. The second kappa shape index (κ2) is 7.40. The zero-order valence-corrected chi connectivity index (χ0v) is 14.6. The van der Waals surface area contributed by atoms with E-state index in [-0.39, 0.29) is 5.91 Å². The number of benzene rings is 2. The molecule has 0 saturated heterocycles. The summed E-state index contributed by atoms with van der Waals surface area (Å²) in [4.78, 5) is 12.0. The summed E-state index contributed by atoms with van der Waals surface area (Å²) in [5.74, 6) is 1.58. The van der Waals surface area contributed by atoms with Crippen LogP contribution in [0.15, 0.2) is 46.9 Å². The van der Waals surface area contributed by atoms with Crippen molar-refractivity contribution in [2.45, 2.75) is 0 Å². The summed E-state index contributed by atoms with van der Waals surface area (Å²) < 4.78 is 17.4.